The van der Waals surface area contributed by atoms with E-state index in [1.165, 1.54) is 19.1 Å². The molecule has 0 spiro atoms. The number of rotatable bonds is 4. The molecule has 0 aliphatic heterocycles. The number of anilines is 1. The number of nitrogens with zero attached hydrogens (tertiary/aromatic N) is 2. The molecular formula is C19H16N3O4-. The van der Waals surface area contributed by atoms with Crippen molar-refractivity contribution in [3.05, 3.63) is 70.1 Å². The van der Waals surface area contributed by atoms with Crippen LogP contribution in [-0.4, -0.2) is 21.7 Å². The zero-order valence-electron chi connectivity index (χ0n) is 14.2. The Morgan fingerprint density at radius 2 is 1.69 bits per heavy atom. The van der Waals surface area contributed by atoms with Crippen LogP contribution in [0.15, 0.2) is 53.3 Å². The molecule has 132 valence electrons. The van der Waals surface area contributed by atoms with E-state index in [4.69, 9.17) is 0 Å². The summed E-state index contributed by atoms with van der Waals surface area (Å²) < 4.78 is 0.872. The summed E-state index contributed by atoms with van der Waals surface area (Å²) in [5.41, 5.74) is 0.691. The van der Waals surface area contributed by atoms with Gasteiger partial charge in [-0.1, -0.05) is 35.9 Å². The largest absolute Gasteiger partial charge is 0.543 e. The predicted molar refractivity (Wildman–Crippen MR) is 94.9 cm³/mol. The minimum Gasteiger partial charge on any atom is -0.543 e. The highest BCUT2D eigenvalue weighted by atomic mass is 16.4. The molecule has 3 aromatic rings. The summed E-state index contributed by atoms with van der Waals surface area (Å²) in [6.45, 7) is 3.40. The summed E-state index contributed by atoms with van der Waals surface area (Å²) in [4.78, 5) is 36.6. The number of aromatic carboxylic acids is 1. The number of carbonyl (C=O) groups excluding carboxylic acids is 2. The van der Waals surface area contributed by atoms with Crippen molar-refractivity contribution in [2.75, 3.05) is 5.32 Å². The van der Waals surface area contributed by atoms with Crippen LogP contribution >= 0.6 is 0 Å². The van der Waals surface area contributed by atoms with Gasteiger partial charge >= 0.3 is 0 Å². The smallest absolute Gasteiger partial charge is 0.275 e. The Kier molecular flexibility index (Phi) is 4.53. The Hall–Kier alpha value is -3.48. The normalized spacial score (nSPS) is 11.9. The van der Waals surface area contributed by atoms with Gasteiger partial charge in [-0.2, -0.15) is 5.10 Å². The third-order valence-electron chi connectivity index (χ3n) is 4.09. The number of aryl methyl sites for hydroxylation is 1. The second-order valence-corrected chi connectivity index (χ2v) is 5.96. The maximum absolute atomic E-state index is 12.7. The standard InChI is InChI=1S/C19H17N3O4/c1-11-7-9-13(10-8-11)20-17(23)12(2)22-18(24)15-6-4-3-5-14(15)16(21-22)19(25)26/h3-10,12H,1-2H3,(H,20,23)(H,25,26)/p-1/t12-/m1/s1. The van der Waals surface area contributed by atoms with Gasteiger partial charge < -0.3 is 15.2 Å². The summed E-state index contributed by atoms with van der Waals surface area (Å²) in [7, 11) is 0. The third-order valence-corrected chi connectivity index (χ3v) is 4.09. The van der Waals surface area contributed by atoms with Crippen LogP contribution in [0.2, 0.25) is 0 Å². The molecule has 0 aliphatic rings. The lowest BCUT2D eigenvalue weighted by atomic mass is 10.1. The number of aromatic nitrogens is 2. The van der Waals surface area contributed by atoms with Gasteiger partial charge in [0, 0.05) is 11.1 Å². The third kappa shape index (κ3) is 3.19. The van der Waals surface area contributed by atoms with Gasteiger partial charge in [-0.15, -0.1) is 0 Å². The van der Waals surface area contributed by atoms with E-state index < -0.39 is 23.5 Å². The van der Waals surface area contributed by atoms with Crippen molar-refractivity contribution in [2.24, 2.45) is 0 Å². The molecule has 2 aromatic carbocycles. The maximum atomic E-state index is 12.7. The van der Waals surface area contributed by atoms with Crippen molar-refractivity contribution >= 4 is 28.3 Å². The first-order valence-corrected chi connectivity index (χ1v) is 7.99. The summed E-state index contributed by atoms with van der Waals surface area (Å²) in [6.07, 6.45) is 0. The molecule has 0 unspecified atom stereocenters. The Balaban J connectivity index is 2.02. The molecule has 0 radical (unpaired) electrons. The van der Waals surface area contributed by atoms with E-state index in [-0.39, 0.29) is 16.5 Å². The van der Waals surface area contributed by atoms with Gasteiger partial charge in [-0.25, -0.2) is 4.68 Å². The molecule has 1 N–H and O–H groups in total. The highest BCUT2D eigenvalue weighted by molar-refractivity contribution is 6.00. The lowest BCUT2D eigenvalue weighted by molar-refractivity contribution is -0.255. The first-order chi connectivity index (χ1) is 12.4. The van der Waals surface area contributed by atoms with E-state index in [2.05, 4.69) is 10.4 Å². The first-order valence-electron chi connectivity index (χ1n) is 7.99. The number of carboxylic acids is 1. The van der Waals surface area contributed by atoms with Gasteiger partial charge in [0.1, 0.15) is 11.7 Å². The number of fused-ring (bicyclic) bond motifs is 1. The molecule has 0 fully saturated rings. The maximum Gasteiger partial charge on any atom is 0.275 e. The molecule has 1 amide bonds. The Morgan fingerprint density at radius 3 is 2.31 bits per heavy atom. The van der Waals surface area contributed by atoms with Gasteiger partial charge in [-0.05, 0) is 32.0 Å². The van der Waals surface area contributed by atoms with Crippen LogP contribution in [0.1, 0.15) is 29.0 Å². The topological polar surface area (TPSA) is 104 Å². The number of amides is 1. The van der Waals surface area contributed by atoms with E-state index in [9.17, 15) is 19.5 Å². The van der Waals surface area contributed by atoms with E-state index in [0.717, 1.165) is 10.2 Å². The lowest BCUT2D eigenvalue weighted by Gasteiger charge is -2.17. The average Bonchev–Trinajstić information content (AvgIpc) is 2.63. The van der Waals surface area contributed by atoms with Crippen molar-refractivity contribution in [3.8, 4) is 0 Å². The fraction of sp³-hybridized carbons (Fsp3) is 0.158. The van der Waals surface area contributed by atoms with Crippen LogP contribution in [0.3, 0.4) is 0 Å². The van der Waals surface area contributed by atoms with Gasteiger partial charge in [0.15, 0.2) is 0 Å². The van der Waals surface area contributed by atoms with Crippen LogP contribution in [0.5, 0.6) is 0 Å². The second kappa shape index (κ2) is 6.79. The summed E-state index contributed by atoms with van der Waals surface area (Å²) in [5.74, 6) is -2.00. The highest BCUT2D eigenvalue weighted by Crippen LogP contribution is 2.16. The first kappa shape index (κ1) is 17.3. The SMILES string of the molecule is Cc1ccc(NC(=O)[C@@H](C)n2nc(C(=O)[O-])c3ccccc3c2=O)cc1. The lowest BCUT2D eigenvalue weighted by Crippen LogP contribution is -2.36. The monoisotopic (exact) mass is 350 g/mol. The average molecular weight is 350 g/mol. The Labute approximate surface area is 148 Å². The van der Waals surface area contributed by atoms with Crippen LogP contribution in [-0.2, 0) is 4.79 Å². The number of carboxylic acid groups (broad SMARTS) is 1. The number of carbonyl (C=O) groups is 2. The molecule has 0 aliphatic carbocycles. The molecule has 3 rings (SSSR count). The molecule has 1 atom stereocenters. The van der Waals surface area contributed by atoms with Crippen molar-refractivity contribution < 1.29 is 14.7 Å². The molecule has 26 heavy (non-hydrogen) atoms. The number of hydrogen-bond acceptors (Lipinski definition) is 5. The van der Waals surface area contributed by atoms with E-state index in [1.54, 1.807) is 24.3 Å². The van der Waals surface area contributed by atoms with Gasteiger partial charge in [0.2, 0.25) is 5.91 Å². The number of hydrogen-bond donors (Lipinski definition) is 1. The number of benzene rings is 2. The van der Waals surface area contributed by atoms with Crippen molar-refractivity contribution in [3.63, 3.8) is 0 Å². The highest BCUT2D eigenvalue weighted by Gasteiger charge is 2.20. The summed E-state index contributed by atoms with van der Waals surface area (Å²) in [5, 5.41) is 18.3. The van der Waals surface area contributed by atoms with Crippen molar-refractivity contribution in [2.45, 2.75) is 19.9 Å². The predicted octanol–water partition coefficient (Wildman–Crippen LogP) is 1.27. The number of nitrogens with one attached hydrogen (secondary N) is 1. The van der Waals surface area contributed by atoms with Crippen LogP contribution in [0.4, 0.5) is 5.69 Å². The Morgan fingerprint density at radius 1 is 1.08 bits per heavy atom. The molecule has 7 nitrogen and oxygen atoms in total. The van der Waals surface area contributed by atoms with Crippen LogP contribution in [0.25, 0.3) is 10.8 Å². The molecule has 0 saturated carbocycles. The van der Waals surface area contributed by atoms with Crippen molar-refractivity contribution in [1.82, 2.24) is 9.78 Å². The molecular weight excluding hydrogens is 334 g/mol. The summed E-state index contributed by atoms with van der Waals surface area (Å²) >= 11 is 0. The van der Waals surface area contributed by atoms with Gasteiger partial charge in [0.05, 0.1) is 11.4 Å². The fourth-order valence-electron chi connectivity index (χ4n) is 2.61. The minimum absolute atomic E-state index is 0.164. The molecule has 7 heteroatoms. The van der Waals surface area contributed by atoms with Crippen LogP contribution in [0, 0.1) is 6.92 Å². The zero-order chi connectivity index (χ0) is 18.8. The molecule has 1 aromatic heterocycles. The quantitative estimate of drug-likeness (QED) is 0.763. The van der Waals surface area contributed by atoms with E-state index >= 15 is 0 Å². The van der Waals surface area contributed by atoms with Gasteiger partial charge in [-0.3, -0.25) is 9.59 Å². The van der Waals surface area contributed by atoms with Crippen LogP contribution < -0.4 is 16.0 Å². The minimum atomic E-state index is -1.51. The van der Waals surface area contributed by atoms with E-state index in [1.807, 2.05) is 19.1 Å². The van der Waals surface area contributed by atoms with Gasteiger partial charge in [0.25, 0.3) is 5.56 Å². The Bertz CT molecular complexity index is 1050. The molecule has 1 heterocycles. The van der Waals surface area contributed by atoms with E-state index in [0.29, 0.717) is 5.69 Å². The van der Waals surface area contributed by atoms with Crippen molar-refractivity contribution in [1.29, 1.82) is 0 Å². The summed E-state index contributed by atoms with van der Waals surface area (Å²) in [6, 6.07) is 12.4. The zero-order valence-corrected chi connectivity index (χ0v) is 14.2. The fourth-order valence-corrected chi connectivity index (χ4v) is 2.61. The molecule has 0 bridgehead atoms. The molecule has 0 saturated heterocycles. The second-order valence-electron chi connectivity index (χ2n) is 5.96.